The number of hydrogen-bond donors (Lipinski definition) is 1. The number of amides is 2. The molecule has 0 radical (unpaired) electrons. The van der Waals surface area contributed by atoms with Gasteiger partial charge in [0.2, 0.25) is 5.91 Å². The average Bonchev–Trinajstić information content (AvgIpc) is 3.52. The van der Waals surface area contributed by atoms with Crippen molar-refractivity contribution in [3.63, 3.8) is 0 Å². The highest BCUT2D eigenvalue weighted by Crippen LogP contribution is 2.38. The monoisotopic (exact) mass is 480 g/mol. The van der Waals surface area contributed by atoms with Crippen LogP contribution in [0.4, 0.5) is 5.69 Å². The summed E-state index contributed by atoms with van der Waals surface area (Å²) in [6.45, 7) is 3.47. The van der Waals surface area contributed by atoms with Crippen molar-refractivity contribution in [3.05, 3.63) is 70.9 Å². The molecular weight excluding hydrogens is 452 g/mol. The Bertz CT molecular complexity index is 1100. The number of hydrogen-bond acceptors (Lipinski definition) is 5. The topological polar surface area (TPSA) is 57.6 Å². The zero-order chi connectivity index (χ0) is 22.6. The van der Waals surface area contributed by atoms with Crippen molar-refractivity contribution in [2.24, 2.45) is 0 Å². The van der Waals surface area contributed by atoms with E-state index < -0.39 is 0 Å². The average molecular weight is 481 g/mol. The zero-order valence-electron chi connectivity index (χ0n) is 18.5. The first-order valence-corrected chi connectivity index (χ1v) is 13.4. The van der Waals surface area contributed by atoms with E-state index in [4.69, 9.17) is 0 Å². The quantitative estimate of drug-likeness (QED) is 0.583. The highest BCUT2D eigenvalue weighted by molar-refractivity contribution is 7.98. The maximum Gasteiger partial charge on any atom is 0.254 e. The number of nitrogens with one attached hydrogen (secondary N) is 1. The second kappa shape index (κ2) is 10.1. The van der Waals surface area contributed by atoms with E-state index in [1.165, 1.54) is 16.1 Å². The Balaban J connectivity index is 1.17. The lowest BCUT2D eigenvalue weighted by atomic mass is 10.1. The molecule has 4 heterocycles. The van der Waals surface area contributed by atoms with Crippen LogP contribution in [-0.4, -0.2) is 59.8 Å². The molecule has 2 amide bonds. The first-order valence-electron chi connectivity index (χ1n) is 11.4. The number of para-hydroxylation sites is 1. The molecule has 0 aliphatic carbocycles. The number of carbonyl (C=O) groups is 2. The van der Waals surface area contributed by atoms with Crippen molar-refractivity contribution in [2.75, 3.05) is 43.4 Å². The van der Waals surface area contributed by atoms with Crippen LogP contribution in [0.5, 0.6) is 0 Å². The molecule has 33 heavy (non-hydrogen) atoms. The van der Waals surface area contributed by atoms with Gasteiger partial charge in [-0.05, 0) is 42.0 Å². The molecule has 5 rings (SSSR count). The molecule has 3 aromatic rings. The van der Waals surface area contributed by atoms with Crippen LogP contribution in [-0.2, 0) is 17.0 Å². The van der Waals surface area contributed by atoms with Gasteiger partial charge in [-0.15, -0.1) is 11.3 Å². The molecular formula is C25H28N4O2S2. The predicted octanol–water partition coefficient (Wildman–Crippen LogP) is 3.80. The SMILES string of the molecule is O=C(NCCC(=O)N1CCN(c2ccccc2)CC1)c1c(-n2cccc2)sc2c1CCSC2. The van der Waals surface area contributed by atoms with Crippen molar-refractivity contribution >= 4 is 40.6 Å². The van der Waals surface area contributed by atoms with Crippen LogP contribution in [0.3, 0.4) is 0 Å². The van der Waals surface area contributed by atoms with Gasteiger partial charge < -0.3 is 19.7 Å². The maximum atomic E-state index is 13.2. The largest absolute Gasteiger partial charge is 0.368 e. The molecule has 2 aliphatic heterocycles. The van der Waals surface area contributed by atoms with Crippen LogP contribution in [0.1, 0.15) is 27.2 Å². The van der Waals surface area contributed by atoms with Gasteiger partial charge >= 0.3 is 0 Å². The normalized spacial score (nSPS) is 15.9. The highest BCUT2D eigenvalue weighted by Gasteiger charge is 2.27. The summed E-state index contributed by atoms with van der Waals surface area (Å²) in [6.07, 6.45) is 5.23. The lowest BCUT2D eigenvalue weighted by Gasteiger charge is -2.36. The molecule has 6 nitrogen and oxygen atoms in total. The fraction of sp³-hybridized carbons (Fsp3) is 0.360. The fourth-order valence-corrected chi connectivity index (χ4v) is 6.93. The number of benzene rings is 1. The molecule has 1 fully saturated rings. The van der Waals surface area contributed by atoms with Gasteiger partial charge in [-0.2, -0.15) is 11.8 Å². The summed E-state index contributed by atoms with van der Waals surface area (Å²) in [5.74, 6) is 2.06. The van der Waals surface area contributed by atoms with Gasteiger partial charge in [0, 0.05) is 67.9 Å². The molecule has 0 saturated carbocycles. The van der Waals surface area contributed by atoms with E-state index >= 15 is 0 Å². The summed E-state index contributed by atoms with van der Waals surface area (Å²) in [4.78, 5) is 31.5. The van der Waals surface area contributed by atoms with Gasteiger partial charge in [0.05, 0.1) is 5.56 Å². The molecule has 0 bridgehead atoms. The van der Waals surface area contributed by atoms with Crippen LogP contribution in [0.15, 0.2) is 54.9 Å². The van der Waals surface area contributed by atoms with Gasteiger partial charge in [0.15, 0.2) is 0 Å². The Morgan fingerprint density at radius 2 is 1.73 bits per heavy atom. The minimum absolute atomic E-state index is 0.0650. The molecule has 8 heteroatoms. The van der Waals surface area contributed by atoms with E-state index in [2.05, 4.69) is 22.3 Å². The first-order chi connectivity index (χ1) is 16.2. The highest BCUT2D eigenvalue weighted by atomic mass is 32.2. The molecule has 172 valence electrons. The summed E-state index contributed by atoms with van der Waals surface area (Å²) < 4.78 is 2.03. The van der Waals surface area contributed by atoms with Gasteiger partial charge in [-0.25, -0.2) is 0 Å². The summed E-state index contributed by atoms with van der Waals surface area (Å²) in [6, 6.07) is 14.3. The molecule has 0 unspecified atom stereocenters. The van der Waals surface area contributed by atoms with Crippen molar-refractivity contribution in [1.29, 1.82) is 0 Å². The number of carbonyl (C=O) groups excluding carboxylic acids is 2. The van der Waals surface area contributed by atoms with Crippen LogP contribution >= 0.6 is 23.1 Å². The van der Waals surface area contributed by atoms with E-state index in [1.807, 2.05) is 64.0 Å². The second-order valence-corrected chi connectivity index (χ2v) is 10.5. The summed E-state index contributed by atoms with van der Waals surface area (Å²) in [5.41, 5.74) is 3.17. The number of aromatic nitrogens is 1. The Labute approximate surface area is 202 Å². The van der Waals surface area contributed by atoms with Crippen molar-refractivity contribution in [3.8, 4) is 5.00 Å². The number of piperazine rings is 1. The van der Waals surface area contributed by atoms with Crippen LogP contribution in [0.2, 0.25) is 0 Å². The number of anilines is 1. The maximum absolute atomic E-state index is 13.2. The van der Waals surface area contributed by atoms with E-state index in [0.717, 1.165) is 54.7 Å². The van der Waals surface area contributed by atoms with Crippen molar-refractivity contribution in [2.45, 2.75) is 18.6 Å². The minimum atomic E-state index is -0.0650. The third kappa shape index (κ3) is 4.82. The zero-order valence-corrected chi connectivity index (χ0v) is 20.2. The van der Waals surface area contributed by atoms with Crippen molar-refractivity contribution in [1.82, 2.24) is 14.8 Å². The summed E-state index contributed by atoms with van der Waals surface area (Å²) >= 11 is 3.63. The molecule has 0 spiro atoms. The van der Waals surface area contributed by atoms with Gasteiger partial charge in [0.1, 0.15) is 5.00 Å². The molecule has 1 saturated heterocycles. The third-order valence-electron chi connectivity index (χ3n) is 6.25. The van der Waals surface area contributed by atoms with E-state index in [9.17, 15) is 9.59 Å². The summed E-state index contributed by atoms with van der Waals surface area (Å²) in [7, 11) is 0. The molecule has 0 atom stereocenters. The van der Waals surface area contributed by atoms with E-state index in [-0.39, 0.29) is 11.8 Å². The van der Waals surface area contributed by atoms with Gasteiger partial charge in [0.25, 0.3) is 5.91 Å². The molecule has 1 N–H and O–H groups in total. The standard InChI is InChI=1S/C25H28N4O2S2/c30-22(28-15-13-27(14-16-28)19-6-2-1-3-7-19)8-10-26-24(31)23-20-9-17-32-18-21(20)33-25(23)29-11-4-5-12-29/h1-7,11-12H,8-10,13-18H2,(H,26,31). The molecule has 2 aliphatic rings. The Hall–Kier alpha value is -2.71. The Kier molecular flexibility index (Phi) is 6.73. The van der Waals surface area contributed by atoms with Crippen molar-refractivity contribution < 1.29 is 9.59 Å². The number of rotatable bonds is 6. The van der Waals surface area contributed by atoms with Gasteiger partial charge in [-0.3, -0.25) is 9.59 Å². The lowest BCUT2D eigenvalue weighted by Crippen LogP contribution is -2.49. The number of fused-ring (bicyclic) bond motifs is 1. The third-order valence-corrected chi connectivity index (χ3v) is 8.66. The predicted molar refractivity (Wildman–Crippen MR) is 136 cm³/mol. The Morgan fingerprint density at radius 1 is 0.970 bits per heavy atom. The first kappa shape index (κ1) is 22.1. The number of thioether (sulfide) groups is 1. The van der Waals surface area contributed by atoms with Crippen LogP contribution < -0.4 is 10.2 Å². The van der Waals surface area contributed by atoms with Gasteiger partial charge in [-0.1, -0.05) is 18.2 Å². The van der Waals surface area contributed by atoms with E-state index in [1.54, 1.807) is 11.3 Å². The number of thiophene rings is 1. The molecule has 2 aromatic heterocycles. The smallest absolute Gasteiger partial charge is 0.254 e. The Morgan fingerprint density at radius 3 is 2.48 bits per heavy atom. The van der Waals surface area contributed by atoms with Crippen LogP contribution in [0, 0.1) is 0 Å². The van der Waals surface area contributed by atoms with E-state index in [0.29, 0.717) is 13.0 Å². The number of nitrogens with zero attached hydrogens (tertiary/aromatic N) is 3. The van der Waals surface area contributed by atoms with Crippen LogP contribution in [0.25, 0.3) is 5.00 Å². The summed E-state index contributed by atoms with van der Waals surface area (Å²) in [5, 5.41) is 4.01. The lowest BCUT2D eigenvalue weighted by molar-refractivity contribution is -0.131. The fourth-order valence-electron chi connectivity index (χ4n) is 4.49. The second-order valence-electron chi connectivity index (χ2n) is 8.29. The minimum Gasteiger partial charge on any atom is -0.368 e. The molecule has 1 aromatic carbocycles.